The van der Waals surface area contributed by atoms with Crippen LogP contribution in [0.1, 0.15) is 12.0 Å². The largest absolute Gasteiger partial charge is 0.345 e. The summed E-state index contributed by atoms with van der Waals surface area (Å²) in [4.78, 5) is 16.8. The van der Waals surface area contributed by atoms with E-state index in [1.807, 2.05) is 19.1 Å². The summed E-state index contributed by atoms with van der Waals surface area (Å²) >= 11 is 5.96. The van der Waals surface area contributed by atoms with Gasteiger partial charge in [-0.05, 0) is 31.0 Å². The minimum Gasteiger partial charge on any atom is -0.306 e. The van der Waals surface area contributed by atoms with Gasteiger partial charge in [0.25, 0.3) is 0 Å². The van der Waals surface area contributed by atoms with Crippen molar-refractivity contribution in [1.82, 2.24) is 5.06 Å². The lowest BCUT2D eigenvalue weighted by molar-refractivity contribution is -0.0614. The maximum Gasteiger partial charge on any atom is 0.345 e. The van der Waals surface area contributed by atoms with Crippen LogP contribution in [-0.2, 0) is 4.84 Å². The molecule has 0 aromatic heterocycles. The van der Waals surface area contributed by atoms with Crippen LogP contribution in [0.3, 0.4) is 0 Å². The third kappa shape index (κ3) is 2.46. The third-order valence-corrected chi connectivity index (χ3v) is 2.81. The molecule has 1 heterocycles. The van der Waals surface area contributed by atoms with E-state index in [0.717, 1.165) is 12.0 Å². The number of halogens is 1. The predicted octanol–water partition coefficient (Wildman–Crippen LogP) is 2.82. The van der Waals surface area contributed by atoms with Gasteiger partial charge >= 0.3 is 6.03 Å². The fraction of sp³-hybridized carbons (Fsp3) is 0.364. The van der Waals surface area contributed by atoms with Crippen LogP contribution in [0.5, 0.6) is 0 Å². The zero-order chi connectivity index (χ0) is 11.5. The number of rotatable bonds is 1. The fourth-order valence-corrected chi connectivity index (χ4v) is 1.64. The standard InChI is InChI=1S/C11H13ClN2O2/c1-8-3-4-9(7-10(8)12)13-11(15)14-5-2-6-16-14/h3-4,7H,2,5-6H2,1H3,(H,13,15). The zero-order valence-corrected chi connectivity index (χ0v) is 9.75. The number of carbonyl (C=O) groups is 1. The van der Waals surface area contributed by atoms with Crippen LogP contribution in [0.15, 0.2) is 18.2 Å². The Labute approximate surface area is 99.1 Å². The van der Waals surface area contributed by atoms with Gasteiger partial charge < -0.3 is 5.32 Å². The fourth-order valence-electron chi connectivity index (χ4n) is 1.46. The SMILES string of the molecule is Cc1ccc(NC(=O)N2CCCO2)cc1Cl. The van der Waals surface area contributed by atoms with E-state index in [1.54, 1.807) is 6.07 Å². The second-order valence-corrected chi connectivity index (χ2v) is 4.09. The number of hydrogen-bond acceptors (Lipinski definition) is 2. The number of carbonyl (C=O) groups excluding carboxylic acids is 1. The van der Waals surface area contributed by atoms with E-state index in [9.17, 15) is 4.79 Å². The molecule has 0 spiro atoms. The maximum absolute atomic E-state index is 11.7. The van der Waals surface area contributed by atoms with Crippen molar-refractivity contribution in [2.45, 2.75) is 13.3 Å². The van der Waals surface area contributed by atoms with Gasteiger partial charge in [-0.1, -0.05) is 17.7 Å². The monoisotopic (exact) mass is 240 g/mol. The Bertz CT molecular complexity index is 403. The third-order valence-electron chi connectivity index (χ3n) is 2.40. The quantitative estimate of drug-likeness (QED) is 0.820. The predicted molar refractivity (Wildman–Crippen MR) is 62.5 cm³/mol. The molecule has 0 unspecified atom stereocenters. The van der Waals surface area contributed by atoms with E-state index in [1.165, 1.54) is 5.06 Å². The van der Waals surface area contributed by atoms with E-state index < -0.39 is 0 Å². The molecule has 1 N–H and O–H groups in total. The molecule has 4 nitrogen and oxygen atoms in total. The molecule has 1 aliphatic rings. The number of aryl methyl sites for hydroxylation is 1. The lowest BCUT2D eigenvalue weighted by Gasteiger charge is -2.15. The summed E-state index contributed by atoms with van der Waals surface area (Å²) in [5, 5.41) is 4.70. The van der Waals surface area contributed by atoms with Gasteiger partial charge in [0.2, 0.25) is 0 Å². The molecule has 86 valence electrons. The molecule has 1 fully saturated rings. The highest BCUT2D eigenvalue weighted by Gasteiger charge is 2.19. The summed E-state index contributed by atoms with van der Waals surface area (Å²) in [5.41, 5.74) is 1.66. The number of hydroxylamine groups is 2. The van der Waals surface area contributed by atoms with Gasteiger partial charge in [-0.3, -0.25) is 4.84 Å². The van der Waals surface area contributed by atoms with Crippen molar-refractivity contribution in [3.63, 3.8) is 0 Å². The van der Waals surface area contributed by atoms with Crippen LogP contribution in [0.2, 0.25) is 5.02 Å². The summed E-state index contributed by atoms with van der Waals surface area (Å²) < 4.78 is 0. The molecule has 5 heteroatoms. The van der Waals surface area contributed by atoms with Gasteiger partial charge in [0, 0.05) is 10.7 Å². The van der Waals surface area contributed by atoms with Gasteiger partial charge in [0.05, 0.1) is 13.2 Å². The Balaban J connectivity index is 2.02. The molecule has 16 heavy (non-hydrogen) atoms. The van der Waals surface area contributed by atoms with E-state index in [2.05, 4.69) is 5.32 Å². The van der Waals surface area contributed by atoms with Crippen LogP contribution in [0, 0.1) is 6.92 Å². The molecule has 1 saturated heterocycles. The van der Waals surface area contributed by atoms with E-state index in [0.29, 0.717) is 23.9 Å². The van der Waals surface area contributed by atoms with Crippen molar-refractivity contribution in [3.05, 3.63) is 28.8 Å². The van der Waals surface area contributed by atoms with Gasteiger partial charge in [-0.2, -0.15) is 0 Å². The Morgan fingerprint density at radius 2 is 2.38 bits per heavy atom. The van der Waals surface area contributed by atoms with Gasteiger partial charge in [-0.25, -0.2) is 9.86 Å². The zero-order valence-electron chi connectivity index (χ0n) is 9.00. The number of nitrogens with zero attached hydrogens (tertiary/aromatic N) is 1. The van der Waals surface area contributed by atoms with E-state index in [-0.39, 0.29) is 6.03 Å². The first kappa shape index (κ1) is 11.2. The number of hydrogen-bond donors (Lipinski definition) is 1. The molecule has 1 aromatic carbocycles. The molecular formula is C11H13ClN2O2. The number of nitrogens with one attached hydrogen (secondary N) is 1. The average Bonchev–Trinajstić information content (AvgIpc) is 2.77. The summed E-state index contributed by atoms with van der Waals surface area (Å²) in [6, 6.07) is 5.15. The second kappa shape index (κ2) is 4.72. The highest BCUT2D eigenvalue weighted by Crippen LogP contribution is 2.20. The maximum atomic E-state index is 11.7. The van der Waals surface area contributed by atoms with Crippen LogP contribution >= 0.6 is 11.6 Å². The van der Waals surface area contributed by atoms with Crippen LogP contribution in [0.4, 0.5) is 10.5 Å². The molecule has 0 bridgehead atoms. The number of amides is 2. The smallest absolute Gasteiger partial charge is 0.306 e. The van der Waals surface area contributed by atoms with E-state index in [4.69, 9.17) is 16.4 Å². The molecule has 1 aliphatic heterocycles. The van der Waals surface area contributed by atoms with Crippen LogP contribution < -0.4 is 5.32 Å². The van der Waals surface area contributed by atoms with Crippen molar-refractivity contribution >= 4 is 23.3 Å². The summed E-state index contributed by atoms with van der Waals surface area (Å²) in [6.07, 6.45) is 0.877. The van der Waals surface area contributed by atoms with Gasteiger partial charge in [0.1, 0.15) is 0 Å². The minimum atomic E-state index is -0.252. The van der Waals surface area contributed by atoms with Crippen LogP contribution in [0.25, 0.3) is 0 Å². The van der Waals surface area contributed by atoms with Crippen molar-refractivity contribution in [3.8, 4) is 0 Å². The van der Waals surface area contributed by atoms with Crippen LogP contribution in [-0.4, -0.2) is 24.2 Å². The Morgan fingerprint density at radius 1 is 1.56 bits per heavy atom. The van der Waals surface area contributed by atoms with Gasteiger partial charge in [-0.15, -0.1) is 0 Å². The first-order valence-electron chi connectivity index (χ1n) is 5.14. The Morgan fingerprint density at radius 3 is 3.00 bits per heavy atom. The number of benzene rings is 1. The normalized spacial score (nSPS) is 15.2. The highest BCUT2D eigenvalue weighted by atomic mass is 35.5. The first-order valence-corrected chi connectivity index (χ1v) is 5.52. The highest BCUT2D eigenvalue weighted by molar-refractivity contribution is 6.31. The van der Waals surface area contributed by atoms with Crippen molar-refractivity contribution in [2.75, 3.05) is 18.5 Å². The topological polar surface area (TPSA) is 41.6 Å². The molecule has 0 aliphatic carbocycles. The first-order chi connectivity index (χ1) is 7.66. The minimum absolute atomic E-state index is 0.252. The number of urea groups is 1. The molecule has 1 aromatic rings. The Kier molecular flexibility index (Phi) is 3.31. The summed E-state index contributed by atoms with van der Waals surface area (Å²) in [5.74, 6) is 0. The lowest BCUT2D eigenvalue weighted by Crippen LogP contribution is -2.31. The molecule has 2 amide bonds. The summed E-state index contributed by atoms with van der Waals surface area (Å²) in [7, 11) is 0. The molecule has 0 radical (unpaired) electrons. The lowest BCUT2D eigenvalue weighted by atomic mass is 10.2. The molecule has 0 atom stereocenters. The van der Waals surface area contributed by atoms with E-state index >= 15 is 0 Å². The van der Waals surface area contributed by atoms with Crippen molar-refractivity contribution < 1.29 is 9.63 Å². The van der Waals surface area contributed by atoms with Gasteiger partial charge in [0.15, 0.2) is 0 Å². The summed E-state index contributed by atoms with van der Waals surface area (Å²) in [6.45, 7) is 3.14. The second-order valence-electron chi connectivity index (χ2n) is 3.68. The molecule has 0 saturated carbocycles. The molecule has 2 rings (SSSR count). The van der Waals surface area contributed by atoms with Crippen molar-refractivity contribution in [2.24, 2.45) is 0 Å². The molecular weight excluding hydrogens is 228 g/mol. The van der Waals surface area contributed by atoms with Crippen molar-refractivity contribution in [1.29, 1.82) is 0 Å². The number of anilines is 1. The Hall–Kier alpha value is -1.26. The average molecular weight is 241 g/mol.